The summed E-state index contributed by atoms with van der Waals surface area (Å²) in [5.74, 6) is 0.916. The summed E-state index contributed by atoms with van der Waals surface area (Å²) in [6, 6.07) is 8.79. The van der Waals surface area contributed by atoms with Crippen LogP contribution in [-0.2, 0) is 13.0 Å². The Labute approximate surface area is 94.8 Å². The third-order valence-electron chi connectivity index (χ3n) is 3.39. The third kappa shape index (κ3) is 1.39. The molecule has 1 atom stereocenters. The Morgan fingerprint density at radius 2 is 2.25 bits per heavy atom. The summed E-state index contributed by atoms with van der Waals surface area (Å²) in [4.78, 5) is 0. The zero-order valence-corrected chi connectivity index (χ0v) is 9.44. The number of hydrogen-bond acceptors (Lipinski definition) is 2. The van der Waals surface area contributed by atoms with E-state index in [4.69, 9.17) is 10.5 Å². The van der Waals surface area contributed by atoms with E-state index < -0.39 is 0 Å². The number of benzene rings is 1. The number of ether oxygens (including phenoxy) is 1. The summed E-state index contributed by atoms with van der Waals surface area (Å²) in [6.45, 7) is 1.03. The minimum atomic E-state index is 0.318. The molecule has 1 aromatic carbocycles. The fraction of sp³-hybridized carbons (Fsp3) is 0.385. The van der Waals surface area contributed by atoms with Crippen LogP contribution in [0, 0.1) is 0 Å². The van der Waals surface area contributed by atoms with E-state index in [2.05, 4.69) is 22.8 Å². The van der Waals surface area contributed by atoms with Crippen LogP contribution < -0.4 is 10.5 Å². The Morgan fingerprint density at radius 1 is 1.38 bits per heavy atom. The molecule has 3 rings (SSSR count). The van der Waals surface area contributed by atoms with Crippen molar-refractivity contribution >= 4 is 10.9 Å². The monoisotopic (exact) mass is 216 g/mol. The van der Waals surface area contributed by atoms with E-state index in [1.54, 1.807) is 7.11 Å². The van der Waals surface area contributed by atoms with Gasteiger partial charge in [-0.3, -0.25) is 0 Å². The average molecular weight is 216 g/mol. The van der Waals surface area contributed by atoms with Crippen LogP contribution in [0.25, 0.3) is 10.9 Å². The lowest BCUT2D eigenvalue weighted by Crippen LogP contribution is -2.30. The molecule has 3 nitrogen and oxygen atoms in total. The van der Waals surface area contributed by atoms with Crippen molar-refractivity contribution in [3.8, 4) is 5.75 Å². The van der Waals surface area contributed by atoms with Crippen molar-refractivity contribution in [2.45, 2.75) is 25.4 Å². The number of fused-ring (bicyclic) bond motifs is 3. The minimum absolute atomic E-state index is 0.318. The molecule has 2 aromatic rings. The smallest absolute Gasteiger partial charge is 0.119 e. The van der Waals surface area contributed by atoms with Crippen LogP contribution in [0.15, 0.2) is 24.3 Å². The second-order valence-electron chi connectivity index (χ2n) is 4.46. The third-order valence-corrected chi connectivity index (χ3v) is 3.39. The summed E-state index contributed by atoms with van der Waals surface area (Å²) in [5.41, 5.74) is 8.63. The Kier molecular flexibility index (Phi) is 2.14. The van der Waals surface area contributed by atoms with Crippen LogP contribution in [0.1, 0.15) is 12.1 Å². The fourth-order valence-electron chi connectivity index (χ4n) is 2.53. The Balaban J connectivity index is 2.16. The van der Waals surface area contributed by atoms with E-state index in [1.165, 1.54) is 16.6 Å². The first kappa shape index (κ1) is 9.73. The summed E-state index contributed by atoms with van der Waals surface area (Å²) in [6.07, 6.45) is 2.06. The molecule has 3 heteroatoms. The van der Waals surface area contributed by atoms with Crippen molar-refractivity contribution in [2.24, 2.45) is 5.73 Å². The number of nitrogens with zero attached hydrogens (tertiary/aromatic N) is 1. The first-order valence-corrected chi connectivity index (χ1v) is 5.69. The quantitative estimate of drug-likeness (QED) is 0.791. The highest BCUT2D eigenvalue weighted by atomic mass is 16.5. The highest BCUT2D eigenvalue weighted by Crippen LogP contribution is 2.27. The topological polar surface area (TPSA) is 40.2 Å². The lowest BCUT2D eigenvalue weighted by Gasteiger charge is -2.21. The van der Waals surface area contributed by atoms with Crippen molar-refractivity contribution in [1.82, 2.24) is 4.57 Å². The van der Waals surface area contributed by atoms with E-state index >= 15 is 0 Å². The number of aryl methyl sites for hydroxylation is 1. The molecule has 2 heterocycles. The largest absolute Gasteiger partial charge is 0.497 e. The van der Waals surface area contributed by atoms with Gasteiger partial charge in [-0.15, -0.1) is 0 Å². The van der Waals surface area contributed by atoms with Gasteiger partial charge in [-0.25, -0.2) is 0 Å². The summed E-state index contributed by atoms with van der Waals surface area (Å²) in [5, 5.41) is 1.25. The predicted molar refractivity (Wildman–Crippen MR) is 64.8 cm³/mol. The molecule has 1 aliphatic heterocycles. The van der Waals surface area contributed by atoms with Crippen molar-refractivity contribution < 1.29 is 4.74 Å². The maximum Gasteiger partial charge on any atom is 0.119 e. The molecule has 0 aliphatic carbocycles. The normalized spacial score (nSPS) is 19.8. The van der Waals surface area contributed by atoms with Gasteiger partial charge in [0.05, 0.1) is 7.11 Å². The minimum Gasteiger partial charge on any atom is -0.497 e. The van der Waals surface area contributed by atoms with E-state index in [-0.39, 0.29) is 0 Å². The number of rotatable bonds is 1. The van der Waals surface area contributed by atoms with E-state index in [1.807, 2.05) is 6.07 Å². The number of hydrogen-bond donors (Lipinski definition) is 1. The number of nitrogens with two attached hydrogens (primary N) is 1. The van der Waals surface area contributed by atoms with E-state index in [0.717, 1.165) is 25.1 Å². The van der Waals surface area contributed by atoms with Gasteiger partial charge in [0.15, 0.2) is 0 Å². The second-order valence-corrected chi connectivity index (χ2v) is 4.46. The van der Waals surface area contributed by atoms with Crippen LogP contribution >= 0.6 is 0 Å². The first-order chi connectivity index (χ1) is 7.78. The number of aromatic nitrogens is 1. The van der Waals surface area contributed by atoms with Crippen LogP contribution in [0.4, 0.5) is 0 Å². The van der Waals surface area contributed by atoms with Gasteiger partial charge in [0.25, 0.3) is 0 Å². The van der Waals surface area contributed by atoms with E-state index in [9.17, 15) is 0 Å². The predicted octanol–water partition coefficient (Wildman–Crippen LogP) is 1.92. The van der Waals surface area contributed by atoms with Gasteiger partial charge >= 0.3 is 0 Å². The van der Waals surface area contributed by atoms with Gasteiger partial charge in [-0.05, 0) is 30.7 Å². The maximum absolute atomic E-state index is 5.99. The Morgan fingerprint density at radius 3 is 3.06 bits per heavy atom. The summed E-state index contributed by atoms with van der Waals surface area (Å²) in [7, 11) is 1.70. The van der Waals surface area contributed by atoms with Crippen molar-refractivity contribution in [1.29, 1.82) is 0 Å². The van der Waals surface area contributed by atoms with Crippen molar-refractivity contribution in [2.75, 3.05) is 7.11 Å². The van der Waals surface area contributed by atoms with Crippen molar-refractivity contribution in [3.63, 3.8) is 0 Å². The summed E-state index contributed by atoms with van der Waals surface area (Å²) < 4.78 is 7.61. The van der Waals surface area contributed by atoms with Crippen LogP contribution in [0.5, 0.6) is 5.75 Å². The van der Waals surface area contributed by atoms with Gasteiger partial charge < -0.3 is 15.0 Å². The fourth-order valence-corrected chi connectivity index (χ4v) is 2.53. The van der Waals surface area contributed by atoms with Gasteiger partial charge in [0.1, 0.15) is 5.75 Å². The standard InChI is InChI=1S/C13H16N2O/c1-16-12-2-3-13-9(7-12)6-11-8-10(14)4-5-15(11)13/h2-3,6-7,10H,4-5,8,14H2,1H3. The molecule has 0 radical (unpaired) electrons. The second kappa shape index (κ2) is 3.52. The number of methoxy groups -OCH3 is 1. The molecule has 0 saturated heterocycles. The molecule has 16 heavy (non-hydrogen) atoms. The highest BCUT2D eigenvalue weighted by molar-refractivity contribution is 5.83. The van der Waals surface area contributed by atoms with Crippen LogP contribution in [0.3, 0.4) is 0 Å². The van der Waals surface area contributed by atoms with Gasteiger partial charge in [-0.1, -0.05) is 0 Å². The van der Waals surface area contributed by atoms with Gasteiger partial charge in [-0.2, -0.15) is 0 Å². The van der Waals surface area contributed by atoms with Crippen LogP contribution in [0.2, 0.25) is 0 Å². The Hall–Kier alpha value is -1.48. The zero-order valence-electron chi connectivity index (χ0n) is 9.44. The van der Waals surface area contributed by atoms with Gasteiger partial charge in [0, 0.05) is 35.6 Å². The molecule has 0 amide bonds. The SMILES string of the molecule is COc1ccc2c(c1)cc1n2CCC(N)C1. The molecule has 0 saturated carbocycles. The van der Waals surface area contributed by atoms with Crippen molar-refractivity contribution in [3.05, 3.63) is 30.0 Å². The Bertz CT molecular complexity index is 530. The molecule has 0 spiro atoms. The van der Waals surface area contributed by atoms with Gasteiger partial charge in [0.2, 0.25) is 0 Å². The lowest BCUT2D eigenvalue weighted by atomic mass is 10.1. The lowest BCUT2D eigenvalue weighted by molar-refractivity contribution is 0.415. The van der Waals surface area contributed by atoms with Crippen LogP contribution in [-0.4, -0.2) is 17.7 Å². The highest BCUT2D eigenvalue weighted by Gasteiger charge is 2.17. The molecule has 1 unspecified atom stereocenters. The molecular weight excluding hydrogens is 200 g/mol. The molecular formula is C13H16N2O. The molecule has 2 N–H and O–H groups in total. The van der Waals surface area contributed by atoms with E-state index in [0.29, 0.717) is 6.04 Å². The average Bonchev–Trinajstić information content (AvgIpc) is 2.64. The molecule has 84 valence electrons. The molecule has 0 bridgehead atoms. The first-order valence-electron chi connectivity index (χ1n) is 5.69. The molecule has 1 aromatic heterocycles. The maximum atomic E-state index is 5.99. The molecule has 0 fully saturated rings. The molecule has 1 aliphatic rings. The zero-order chi connectivity index (χ0) is 11.1. The summed E-state index contributed by atoms with van der Waals surface area (Å²) >= 11 is 0.